The van der Waals surface area contributed by atoms with Crippen molar-refractivity contribution in [2.24, 2.45) is 17.6 Å². The molecule has 4 fully saturated rings. The first-order valence-electron chi connectivity index (χ1n) is 8.79. The van der Waals surface area contributed by atoms with Gasteiger partial charge >= 0.3 is 0 Å². The molecule has 25 heavy (non-hydrogen) atoms. The van der Waals surface area contributed by atoms with Crippen LogP contribution >= 0.6 is 0 Å². The summed E-state index contributed by atoms with van der Waals surface area (Å²) in [6.45, 7) is 0.590. The highest BCUT2D eigenvalue weighted by Gasteiger charge is 2.55. The molecule has 1 aliphatic carbocycles. The molecule has 4 aliphatic rings. The van der Waals surface area contributed by atoms with Gasteiger partial charge in [0.15, 0.2) is 0 Å². The fourth-order valence-corrected chi connectivity index (χ4v) is 4.21. The predicted octanol–water partition coefficient (Wildman–Crippen LogP) is -0.351. The van der Waals surface area contributed by atoms with E-state index in [0.717, 1.165) is 6.42 Å². The fourth-order valence-electron chi connectivity index (χ4n) is 4.21. The summed E-state index contributed by atoms with van der Waals surface area (Å²) >= 11 is 0. The molecule has 4 rings (SSSR count). The third kappa shape index (κ3) is 3.75. The van der Waals surface area contributed by atoms with Crippen molar-refractivity contribution in [3.8, 4) is 0 Å². The highest BCUT2D eigenvalue weighted by molar-refractivity contribution is 5.90. The Balaban J connectivity index is 1.65. The van der Waals surface area contributed by atoms with Crippen LogP contribution in [0.15, 0.2) is 0 Å². The number of halogens is 2. The van der Waals surface area contributed by atoms with Crippen LogP contribution in [0.4, 0.5) is 8.78 Å². The van der Waals surface area contributed by atoms with Crippen LogP contribution in [0.25, 0.3) is 0 Å². The lowest BCUT2D eigenvalue weighted by atomic mass is 9.73. The molecule has 140 valence electrons. The van der Waals surface area contributed by atoms with Crippen LogP contribution in [0.5, 0.6) is 0 Å². The Morgan fingerprint density at radius 3 is 2.68 bits per heavy atom. The maximum Gasteiger partial charge on any atom is 0.254 e. The van der Waals surface area contributed by atoms with E-state index in [2.05, 4.69) is 16.0 Å². The van der Waals surface area contributed by atoms with Gasteiger partial charge < -0.3 is 21.7 Å². The maximum absolute atomic E-state index is 14.1. The molecule has 2 bridgehead atoms. The van der Waals surface area contributed by atoms with Crippen LogP contribution in [-0.2, 0) is 14.4 Å². The van der Waals surface area contributed by atoms with Crippen LogP contribution in [0, 0.1) is 11.8 Å². The van der Waals surface area contributed by atoms with Gasteiger partial charge in [0.1, 0.15) is 6.04 Å². The highest BCUT2D eigenvalue weighted by Crippen LogP contribution is 2.44. The number of amides is 3. The number of alkyl halides is 2. The van der Waals surface area contributed by atoms with Crippen molar-refractivity contribution in [3.05, 3.63) is 0 Å². The summed E-state index contributed by atoms with van der Waals surface area (Å²) in [4.78, 5) is 36.0. The largest absolute Gasteiger partial charge is 0.368 e. The van der Waals surface area contributed by atoms with Crippen molar-refractivity contribution < 1.29 is 23.2 Å². The van der Waals surface area contributed by atoms with E-state index in [-0.39, 0.29) is 25.2 Å². The number of fused-ring (bicyclic) bond motifs is 3. The molecule has 0 aromatic rings. The Labute approximate surface area is 144 Å². The molecule has 3 heterocycles. The van der Waals surface area contributed by atoms with E-state index in [1.54, 1.807) is 0 Å². The van der Waals surface area contributed by atoms with Crippen molar-refractivity contribution in [3.63, 3.8) is 0 Å². The summed E-state index contributed by atoms with van der Waals surface area (Å²) < 4.78 is 28.1. The van der Waals surface area contributed by atoms with Gasteiger partial charge in [-0.15, -0.1) is 0 Å². The topological polar surface area (TPSA) is 113 Å². The first kappa shape index (κ1) is 18.0. The number of carbonyl (C=O) groups is 3. The molecule has 5 atom stereocenters. The number of primary amides is 1. The molecule has 0 aromatic carbocycles. The second-order valence-electron chi connectivity index (χ2n) is 7.32. The van der Waals surface area contributed by atoms with Gasteiger partial charge in [0.25, 0.3) is 5.92 Å². The van der Waals surface area contributed by atoms with Crippen molar-refractivity contribution in [1.29, 1.82) is 0 Å². The van der Waals surface area contributed by atoms with E-state index in [9.17, 15) is 23.2 Å². The SMILES string of the molecule is NC(=O)[C@H](C[C@@H]1CCCNC1=O)NC(=O)[C@H]1N[C@H]2CC[C@@H]1C(F)(F)C2. The summed E-state index contributed by atoms with van der Waals surface area (Å²) in [5, 5.41) is 8.14. The average molecular weight is 358 g/mol. The van der Waals surface area contributed by atoms with Crippen LogP contribution in [0.1, 0.15) is 38.5 Å². The Bertz CT molecular complexity index is 572. The third-order valence-corrected chi connectivity index (χ3v) is 5.57. The van der Waals surface area contributed by atoms with Crippen molar-refractivity contribution >= 4 is 17.7 Å². The molecule has 5 N–H and O–H groups in total. The molecule has 1 saturated carbocycles. The normalized spacial score (nSPS) is 34.9. The zero-order valence-corrected chi connectivity index (χ0v) is 13.9. The van der Waals surface area contributed by atoms with Crippen molar-refractivity contribution in [2.75, 3.05) is 6.54 Å². The molecule has 3 amide bonds. The molecule has 0 aromatic heterocycles. The van der Waals surface area contributed by atoms with Gasteiger partial charge in [0.2, 0.25) is 17.7 Å². The van der Waals surface area contributed by atoms with Gasteiger partial charge in [0.05, 0.1) is 6.04 Å². The van der Waals surface area contributed by atoms with Gasteiger partial charge in [-0.2, -0.15) is 0 Å². The summed E-state index contributed by atoms with van der Waals surface area (Å²) in [6, 6.07) is -2.48. The Kier molecular flexibility index (Phi) is 4.95. The molecule has 0 unspecified atom stereocenters. The second-order valence-corrected chi connectivity index (χ2v) is 7.32. The van der Waals surface area contributed by atoms with E-state index in [1.807, 2.05) is 0 Å². The summed E-state index contributed by atoms with van der Waals surface area (Å²) in [7, 11) is 0. The minimum absolute atomic E-state index is 0.0874. The molecule has 7 nitrogen and oxygen atoms in total. The number of piperidine rings is 3. The Morgan fingerprint density at radius 1 is 1.32 bits per heavy atom. The quantitative estimate of drug-likeness (QED) is 0.538. The lowest BCUT2D eigenvalue weighted by Crippen LogP contribution is -2.66. The lowest BCUT2D eigenvalue weighted by Gasteiger charge is -2.47. The molecule has 0 radical (unpaired) electrons. The summed E-state index contributed by atoms with van der Waals surface area (Å²) in [5.41, 5.74) is 5.35. The van der Waals surface area contributed by atoms with E-state index < -0.39 is 47.7 Å². The monoisotopic (exact) mass is 358 g/mol. The van der Waals surface area contributed by atoms with E-state index in [4.69, 9.17) is 5.73 Å². The number of carbonyl (C=O) groups excluding carboxylic acids is 3. The molecule has 9 heteroatoms. The number of rotatable bonds is 5. The van der Waals surface area contributed by atoms with Gasteiger partial charge in [-0.05, 0) is 32.1 Å². The Hall–Kier alpha value is -1.77. The maximum atomic E-state index is 14.1. The third-order valence-electron chi connectivity index (χ3n) is 5.57. The fraction of sp³-hybridized carbons (Fsp3) is 0.812. The number of nitrogens with two attached hydrogens (primary N) is 1. The van der Waals surface area contributed by atoms with E-state index >= 15 is 0 Å². The number of nitrogens with one attached hydrogen (secondary N) is 3. The number of hydrogen-bond acceptors (Lipinski definition) is 4. The highest BCUT2D eigenvalue weighted by atomic mass is 19.3. The smallest absolute Gasteiger partial charge is 0.254 e. The van der Waals surface area contributed by atoms with Crippen LogP contribution in [0.3, 0.4) is 0 Å². The first-order chi connectivity index (χ1) is 11.8. The molecule has 0 spiro atoms. The molecule has 3 saturated heterocycles. The van der Waals surface area contributed by atoms with E-state index in [0.29, 0.717) is 19.4 Å². The Morgan fingerprint density at radius 2 is 2.08 bits per heavy atom. The van der Waals surface area contributed by atoms with Gasteiger partial charge in [-0.1, -0.05) is 0 Å². The lowest BCUT2D eigenvalue weighted by molar-refractivity contribution is -0.154. The standard InChI is InChI=1S/C16H24F2N4O3/c17-16(18)7-9-3-4-10(16)12(21-9)15(25)22-11(13(19)23)6-8-2-1-5-20-14(8)24/h8-12,21H,1-7H2,(H2,19,23)(H,20,24)(H,22,25)/t8-,9-,10-,11-,12-/m0/s1. The van der Waals surface area contributed by atoms with E-state index in [1.165, 1.54) is 0 Å². The second kappa shape index (κ2) is 6.86. The zero-order chi connectivity index (χ0) is 18.2. The minimum atomic E-state index is -2.89. The van der Waals surface area contributed by atoms with Crippen molar-refractivity contribution in [2.45, 2.75) is 62.6 Å². The van der Waals surface area contributed by atoms with Gasteiger partial charge in [-0.25, -0.2) is 8.78 Å². The zero-order valence-electron chi connectivity index (χ0n) is 13.9. The van der Waals surface area contributed by atoms with Crippen LogP contribution in [0.2, 0.25) is 0 Å². The molecular weight excluding hydrogens is 334 g/mol. The van der Waals surface area contributed by atoms with Crippen molar-refractivity contribution in [1.82, 2.24) is 16.0 Å². The van der Waals surface area contributed by atoms with Gasteiger partial charge in [-0.3, -0.25) is 14.4 Å². The first-order valence-corrected chi connectivity index (χ1v) is 8.79. The molecular formula is C16H24F2N4O3. The average Bonchev–Trinajstić information content (AvgIpc) is 2.55. The molecule has 3 aliphatic heterocycles. The summed E-state index contributed by atoms with van der Waals surface area (Å²) in [6.07, 6.45) is 2.11. The van der Waals surface area contributed by atoms with Gasteiger partial charge in [0, 0.05) is 30.8 Å². The number of hydrogen-bond donors (Lipinski definition) is 4. The summed E-state index contributed by atoms with van der Waals surface area (Å²) in [5.74, 6) is -5.96. The van der Waals surface area contributed by atoms with Crippen LogP contribution in [-0.4, -0.2) is 48.3 Å². The van der Waals surface area contributed by atoms with Crippen LogP contribution < -0.4 is 21.7 Å². The minimum Gasteiger partial charge on any atom is -0.368 e. The predicted molar refractivity (Wildman–Crippen MR) is 84.5 cm³/mol.